The van der Waals surface area contributed by atoms with Crippen molar-refractivity contribution in [2.75, 3.05) is 0 Å². The van der Waals surface area contributed by atoms with E-state index < -0.39 is 17.5 Å². The molecule has 2 rings (SSSR count). The Bertz CT molecular complexity index is 496. The smallest absolute Gasteiger partial charge is 0.213 e. The Balaban J connectivity index is 2.46. The van der Waals surface area contributed by atoms with Crippen LogP contribution in [-0.2, 0) is 0 Å². The number of ketones is 1. The molecule has 0 atom stereocenters. The van der Waals surface area contributed by atoms with Crippen molar-refractivity contribution >= 4 is 5.78 Å². The topological polar surface area (TPSA) is 58.6 Å². The molecule has 0 unspecified atom stereocenters. The molecule has 0 aliphatic heterocycles. The highest BCUT2D eigenvalue weighted by Crippen LogP contribution is 2.12. The van der Waals surface area contributed by atoms with Crippen molar-refractivity contribution in [2.24, 2.45) is 0 Å². The van der Waals surface area contributed by atoms with Gasteiger partial charge >= 0.3 is 0 Å². The second kappa shape index (κ2) is 3.56. The fourth-order valence-electron chi connectivity index (χ4n) is 1.12. The minimum atomic E-state index is -0.900. The number of halogens is 2. The quantitative estimate of drug-likeness (QED) is 0.599. The van der Waals surface area contributed by atoms with E-state index in [9.17, 15) is 13.6 Å². The summed E-state index contributed by atoms with van der Waals surface area (Å²) in [6.45, 7) is 0. The average molecular weight is 209 g/mol. The molecule has 0 saturated heterocycles. The van der Waals surface area contributed by atoms with Crippen LogP contribution in [0, 0.1) is 11.8 Å². The Kier molecular flexibility index (Phi) is 2.24. The Labute approximate surface area is 83.0 Å². The van der Waals surface area contributed by atoms with E-state index in [1.807, 2.05) is 0 Å². The molecule has 0 radical (unpaired) electrons. The molecule has 0 aliphatic rings. The first-order chi connectivity index (χ1) is 7.18. The molecule has 0 fully saturated rings. The summed E-state index contributed by atoms with van der Waals surface area (Å²) in [5.41, 5.74) is -0.191. The van der Waals surface area contributed by atoms with Crippen molar-refractivity contribution in [2.45, 2.75) is 0 Å². The predicted molar refractivity (Wildman–Crippen MR) is 46.2 cm³/mol. The molecule has 1 N–H and O–H groups in total. The summed E-state index contributed by atoms with van der Waals surface area (Å²) in [5.74, 6) is -2.40. The second-order valence-corrected chi connectivity index (χ2v) is 2.80. The number of aromatic amines is 1. The van der Waals surface area contributed by atoms with Crippen LogP contribution >= 0.6 is 0 Å². The third-order valence-corrected chi connectivity index (χ3v) is 1.83. The lowest BCUT2D eigenvalue weighted by atomic mass is 10.1. The number of carbonyl (C=O) groups excluding carboxylic acids is 1. The standard InChI is InChI=1S/C9H5F2N3O/c10-7-4-12-8(11)1-6(7)9(15)5-2-13-14-3-5/h1-4H,(H,13,14). The molecule has 6 heteroatoms. The first-order valence-corrected chi connectivity index (χ1v) is 4.03. The van der Waals surface area contributed by atoms with E-state index in [1.54, 1.807) is 0 Å². The fraction of sp³-hybridized carbons (Fsp3) is 0. The van der Waals surface area contributed by atoms with Crippen LogP contribution in [0.1, 0.15) is 15.9 Å². The number of pyridine rings is 1. The van der Waals surface area contributed by atoms with Crippen LogP contribution in [0.4, 0.5) is 8.78 Å². The van der Waals surface area contributed by atoms with Gasteiger partial charge in [0.05, 0.1) is 23.5 Å². The van der Waals surface area contributed by atoms with Gasteiger partial charge in [0.15, 0.2) is 11.6 Å². The molecule has 0 saturated carbocycles. The average Bonchev–Trinajstić information content (AvgIpc) is 2.74. The van der Waals surface area contributed by atoms with Crippen LogP contribution in [0.25, 0.3) is 0 Å². The van der Waals surface area contributed by atoms with Crippen LogP contribution < -0.4 is 0 Å². The van der Waals surface area contributed by atoms with Crippen LogP contribution in [0.3, 0.4) is 0 Å². The maximum atomic E-state index is 13.1. The SMILES string of the molecule is O=C(c1cn[nH]c1)c1cc(F)ncc1F. The number of rotatable bonds is 2. The summed E-state index contributed by atoms with van der Waals surface area (Å²) in [6, 6.07) is 0.755. The van der Waals surface area contributed by atoms with E-state index in [-0.39, 0.29) is 11.1 Å². The van der Waals surface area contributed by atoms with E-state index in [2.05, 4.69) is 15.2 Å². The molecule has 2 heterocycles. The molecule has 15 heavy (non-hydrogen) atoms. The van der Waals surface area contributed by atoms with Gasteiger partial charge in [0, 0.05) is 12.3 Å². The summed E-state index contributed by atoms with van der Waals surface area (Å²) in [6.07, 6.45) is 3.21. The summed E-state index contributed by atoms with van der Waals surface area (Å²) in [5, 5.41) is 5.96. The van der Waals surface area contributed by atoms with Gasteiger partial charge < -0.3 is 0 Å². The summed E-state index contributed by atoms with van der Waals surface area (Å²) < 4.78 is 25.8. The molecular formula is C9H5F2N3O. The second-order valence-electron chi connectivity index (χ2n) is 2.80. The maximum absolute atomic E-state index is 13.1. The number of nitrogens with zero attached hydrogens (tertiary/aromatic N) is 2. The first kappa shape index (κ1) is 9.45. The van der Waals surface area contributed by atoms with Gasteiger partial charge in [-0.3, -0.25) is 9.89 Å². The van der Waals surface area contributed by atoms with Gasteiger partial charge in [-0.25, -0.2) is 9.37 Å². The van der Waals surface area contributed by atoms with Crippen LogP contribution in [0.2, 0.25) is 0 Å². The van der Waals surface area contributed by atoms with Crippen molar-refractivity contribution < 1.29 is 13.6 Å². The lowest BCUT2D eigenvalue weighted by Crippen LogP contribution is -2.04. The van der Waals surface area contributed by atoms with Gasteiger partial charge in [-0.15, -0.1) is 0 Å². The molecule has 2 aromatic heterocycles. The van der Waals surface area contributed by atoms with Crippen LogP contribution in [0.15, 0.2) is 24.7 Å². The zero-order valence-corrected chi connectivity index (χ0v) is 7.37. The highest BCUT2D eigenvalue weighted by atomic mass is 19.1. The third-order valence-electron chi connectivity index (χ3n) is 1.83. The third kappa shape index (κ3) is 1.74. The van der Waals surface area contributed by atoms with E-state index >= 15 is 0 Å². The Hall–Kier alpha value is -2.11. The molecular weight excluding hydrogens is 204 g/mol. The normalized spacial score (nSPS) is 10.3. The number of hydrogen-bond acceptors (Lipinski definition) is 3. The Morgan fingerprint density at radius 1 is 1.33 bits per heavy atom. The zero-order chi connectivity index (χ0) is 10.8. The van der Waals surface area contributed by atoms with Crippen molar-refractivity contribution in [3.63, 3.8) is 0 Å². The maximum Gasteiger partial charge on any atom is 0.213 e. The van der Waals surface area contributed by atoms with Gasteiger partial charge in [0.25, 0.3) is 0 Å². The van der Waals surface area contributed by atoms with E-state index in [0.29, 0.717) is 6.20 Å². The highest BCUT2D eigenvalue weighted by Gasteiger charge is 2.16. The lowest BCUT2D eigenvalue weighted by Gasteiger charge is -1.99. The van der Waals surface area contributed by atoms with Gasteiger partial charge in [0.2, 0.25) is 5.95 Å². The zero-order valence-electron chi connectivity index (χ0n) is 7.37. The minimum absolute atomic E-state index is 0.166. The molecule has 4 nitrogen and oxygen atoms in total. The van der Waals surface area contributed by atoms with E-state index in [0.717, 1.165) is 6.07 Å². The monoisotopic (exact) mass is 209 g/mol. The van der Waals surface area contributed by atoms with Crippen LogP contribution in [-0.4, -0.2) is 21.0 Å². The highest BCUT2D eigenvalue weighted by molar-refractivity contribution is 6.08. The van der Waals surface area contributed by atoms with E-state index in [4.69, 9.17) is 0 Å². The van der Waals surface area contributed by atoms with Crippen molar-refractivity contribution in [1.29, 1.82) is 0 Å². The molecule has 0 amide bonds. The van der Waals surface area contributed by atoms with Gasteiger partial charge in [-0.2, -0.15) is 9.49 Å². The molecule has 0 aromatic carbocycles. The number of carbonyl (C=O) groups is 1. The predicted octanol–water partition coefficient (Wildman–Crippen LogP) is 1.31. The van der Waals surface area contributed by atoms with Gasteiger partial charge in [-0.1, -0.05) is 0 Å². The number of nitrogens with one attached hydrogen (secondary N) is 1. The molecule has 2 aromatic rings. The number of H-pyrrole nitrogens is 1. The fourth-order valence-corrected chi connectivity index (χ4v) is 1.12. The van der Waals surface area contributed by atoms with E-state index in [1.165, 1.54) is 12.4 Å². The summed E-state index contributed by atoms with van der Waals surface area (Å²) >= 11 is 0. The molecule has 0 aliphatic carbocycles. The van der Waals surface area contributed by atoms with Gasteiger partial charge in [-0.05, 0) is 0 Å². The first-order valence-electron chi connectivity index (χ1n) is 4.03. The lowest BCUT2D eigenvalue weighted by molar-refractivity contribution is 0.103. The number of aromatic nitrogens is 3. The number of hydrogen-bond donors (Lipinski definition) is 1. The molecule has 0 spiro atoms. The largest absolute Gasteiger partial charge is 0.288 e. The molecule has 0 bridgehead atoms. The summed E-state index contributed by atoms with van der Waals surface area (Å²) in [7, 11) is 0. The summed E-state index contributed by atoms with van der Waals surface area (Å²) in [4.78, 5) is 14.7. The van der Waals surface area contributed by atoms with Crippen molar-refractivity contribution in [1.82, 2.24) is 15.2 Å². The Morgan fingerprint density at radius 2 is 2.13 bits per heavy atom. The molecule has 76 valence electrons. The van der Waals surface area contributed by atoms with Crippen LogP contribution in [0.5, 0.6) is 0 Å². The minimum Gasteiger partial charge on any atom is -0.288 e. The van der Waals surface area contributed by atoms with Gasteiger partial charge in [0.1, 0.15) is 0 Å². The van der Waals surface area contributed by atoms with Crippen molar-refractivity contribution in [3.05, 3.63) is 47.5 Å². The Morgan fingerprint density at radius 3 is 2.80 bits per heavy atom. The van der Waals surface area contributed by atoms with Crippen molar-refractivity contribution in [3.8, 4) is 0 Å².